The molecule has 2 unspecified atom stereocenters. The first-order valence-corrected chi connectivity index (χ1v) is 6.95. The highest BCUT2D eigenvalue weighted by molar-refractivity contribution is 9.12. The summed E-state index contributed by atoms with van der Waals surface area (Å²) in [5.74, 6) is -0.864. The lowest BCUT2D eigenvalue weighted by Gasteiger charge is -2.16. The van der Waals surface area contributed by atoms with E-state index in [-0.39, 0.29) is 16.1 Å². The lowest BCUT2D eigenvalue weighted by molar-refractivity contribution is -0.136. The topological polar surface area (TPSA) is 37.3 Å². The van der Waals surface area contributed by atoms with E-state index in [1.54, 1.807) is 18.2 Å². The van der Waals surface area contributed by atoms with Gasteiger partial charge >= 0.3 is 5.97 Å². The minimum Gasteiger partial charge on any atom is -0.481 e. The van der Waals surface area contributed by atoms with Gasteiger partial charge < -0.3 is 5.11 Å². The fourth-order valence-corrected chi connectivity index (χ4v) is 3.00. The molecule has 2 nitrogen and oxygen atoms in total. The number of carboxylic acid groups (broad SMARTS) is 1. The fourth-order valence-electron chi connectivity index (χ4n) is 1.19. The van der Waals surface area contributed by atoms with Gasteiger partial charge in [-0.25, -0.2) is 0 Å². The molecule has 0 aliphatic rings. The van der Waals surface area contributed by atoms with Crippen LogP contribution >= 0.6 is 55.1 Å². The van der Waals surface area contributed by atoms with Crippen molar-refractivity contribution in [2.45, 2.75) is 16.1 Å². The smallest absolute Gasteiger partial charge is 0.304 e. The van der Waals surface area contributed by atoms with Crippen LogP contribution in [0.15, 0.2) is 18.2 Å². The summed E-state index contributed by atoms with van der Waals surface area (Å²) in [4.78, 5) is 10.2. The Hall–Kier alpha value is 0.230. The number of benzene rings is 1. The minimum absolute atomic E-state index is 0.00880. The van der Waals surface area contributed by atoms with Crippen LogP contribution < -0.4 is 0 Å². The van der Waals surface area contributed by atoms with Crippen molar-refractivity contribution in [2.75, 3.05) is 0 Å². The molecule has 0 spiro atoms. The average Bonchev–Trinajstić information content (AvgIpc) is 2.15. The van der Waals surface area contributed by atoms with Gasteiger partial charge in [0.1, 0.15) is 0 Å². The van der Waals surface area contributed by atoms with Crippen molar-refractivity contribution >= 4 is 61.0 Å². The van der Waals surface area contributed by atoms with Gasteiger partial charge in [0, 0.05) is 14.9 Å². The molecular weight excluding hydrogens is 383 g/mol. The third-order valence-electron chi connectivity index (χ3n) is 1.95. The summed E-state index contributed by atoms with van der Waals surface area (Å²) in [6, 6.07) is 5.13. The predicted octanol–water partition coefficient (Wildman–Crippen LogP) is 4.67. The third-order valence-corrected chi connectivity index (χ3v) is 5.20. The predicted molar refractivity (Wildman–Crippen MR) is 73.1 cm³/mol. The van der Waals surface area contributed by atoms with Crippen LogP contribution in [0, 0.1) is 0 Å². The highest BCUT2D eigenvalue weighted by Crippen LogP contribution is 2.37. The summed E-state index contributed by atoms with van der Waals surface area (Å²) < 4.78 is 0. The average molecular weight is 391 g/mol. The number of rotatable bonds is 4. The van der Waals surface area contributed by atoms with Crippen molar-refractivity contribution in [1.82, 2.24) is 0 Å². The van der Waals surface area contributed by atoms with E-state index in [9.17, 15) is 4.79 Å². The molecule has 0 radical (unpaired) electrons. The Morgan fingerprint density at radius 1 is 1.38 bits per heavy atom. The van der Waals surface area contributed by atoms with E-state index in [0.717, 1.165) is 5.56 Å². The molecule has 88 valence electrons. The Labute approximate surface area is 120 Å². The Morgan fingerprint density at radius 2 is 2.00 bits per heavy atom. The highest BCUT2D eigenvalue weighted by atomic mass is 79.9. The minimum atomic E-state index is -0.864. The van der Waals surface area contributed by atoms with Gasteiger partial charge in [0.25, 0.3) is 0 Å². The van der Waals surface area contributed by atoms with Crippen molar-refractivity contribution in [2.24, 2.45) is 0 Å². The fraction of sp³-hybridized carbons (Fsp3) is 0.300. The molecule has 0 saturated heterocycles. The maximum Gasteiger partial charge on any atom is 0.304 e. The number of aliphatic carboxylic acids is 1. The molecule has 1 N–H and O–H groups in total. The summed E-state index contributed by atoms with van der Waals surface area (Å²) in [7, 11) is 0. The molecule has 0 aromatic heterocycles. The van der Waals surface area contributed by atoms with Gasteiger partial charge in [0.05, 0.1) is 11.2 Å². The van der Waals surface area contributed by atoms with E-state index in [1.807, 2.05) is 0 Å². The first-order valence-electron chi connectivity index (χ1n) is 4.36. The number of halogens is 4. The number of carboxylic acids is 1. The molecule has 2 atom stereocenters. The number of hydrogen-bond acceptors (Lipinski definition) is 1. The second-order valence-corrected chi connectivity index (χ2v) is 6.19. The molecule has 0 heterocycles. The number of alkyl halides is 2. The summed E-state index contributed by atoms with van der Waals surface area (Å²) in [5, 5.41) is 9.76. The first-order chi connectivity index (χ1) is 7.41. The molecule has 0 amide bonds. The molecular formula is C10H8Br2Cl2O2. The second kappa shape index (κ2) is 6.24. The van der Waals surface area contributed by atoms with Crippen LogP contribution in [0.3, 0.4) is 0 Å². The largest absolute Gasteiger partial charge is 0.481 e. The van der Waals surface area contributed by atoms with Gasteiger partial charge in [-0.05, 0) is 17.7 Å². The molecule has 1 aromatic rings. The molecule has 0 aliphatic carbocycles. The third kappa shape index (κ3) is 3.91. The van der Waals surface area contributed by atoms with Crippen molar-refractivity contribution < 1.29 is 9.90 Å². The monoisotopic (exact) mass is 388 g/mol. The van der Waals surface area contributed by atoms with Gasteiger partial charge in [-0.1, -0.05) is 61.1 Å². The highest BCUT2D eigenvalue weighted by Gasteiger charge is 2.22. The van der Waals surface area contributed by atoms with Gasteiger partial charge in [0.15, 0.2) is 0 Å². The maximum atomic E-state index is 10.6. The van der Waals surface area contributed by atoms with Crippen LogP contribution in [0.5, 0.6) is 0 Å². The molecule has 0 aliphatic heterocycles. The van der Waals surface area contributed by atoms with Crippen molar-refractivity contribution in [1.29, 1.82) is 0 Å². The van der Waals surface area contributed by atoms with Gasteiger partial charge in [-0.2, -0.15) is 0 Å². The van der Waals surface area contributed by atoms with E-state index in [0.29, 0.717) is 10.0 Å². The van der Waals surface area contributed by atoms with E-state index in [2.05, 4.69) is 31.9 Å². The zero-order chi connectivity index (χ0) is 12.3. The molecule has 0 fully saturated rings. The standard InChI is InChI=1S/C10H8Br2Cl2O2/c11-7(4-9(15)16)10(12)6-2-1-5(13)3-8(6)14/h1-3,7,10H,4H2,(H,15,16). The molecule has 16 heavy (non-hydrogen) atoms. The summed E-state index contributed by atoms with van der Waals surface area (Å²) in [6.07, 6.45) is 0.00880. The van der Waals surface area contributed by atoms with E-state index in [1.165, 1.54) is 0 Å². The van der Waals surface area contributed by atoms with E-state index < -0.39 is 5.97 Å². The lowest BCUT2D eigenvalue weighted by atomic mass is 10.1. The summed E-state index contributed by atoms with van der Waals surface area (Å²) in [5.41, 5.74) is 0.814. The second-order valence-electron chi connectivity index (χ2n) is 3.18. The van der Waals surface area contributed by atoms with Crippen LogP contribution in [0.2, 0.25) is 10.0 Å². The number of carbonyl (C=O) groups is 1. The van der Waals surface area contributed by atoms with E-state index in [4.69, 9.17) is 28.3 Å². The first kappa shape index (κ1) is 14.3. The molecule has 6 heteroatoms. The summed E-state index contributed by atoms with van der Waals surface area (Å²) >= 11 is 18.5. The Bertz CT molecular complexity index is 398. The molecule has 0 saturated carbocycles. The van der Waals surface area contributed by atoms with E-state index >= 15 is 0 Å². The van der Waals surface area contributed by atoms with Gasteiger partial charge in [-0.3, -0.25) is 4.79 Å². The lowest BCUT2D eigenvalue weighted by Crippen LogP contribution is -2.12. The van der Waals surface area contributed by atoms with Crippen LogP contribution in [0.4, 0.5) is 0 Å². The molecule has 1 aromatic carbocycles. The van der Waals surface area contributed by atoms with Crippen molar-refractivity contribution in [3.63, 3.8) is 0 Å². The Balaban J connectivity index is 2.87. The SMILES string of the molecule is O=C(O)CC(Br)C(Br)c1ccc(Cl)cc1Cl. The molecule has 0 bridgehead atoms. The maximum absolute atomic E-state index is 10.6. The van der Waals surface area contributed by atoms with Crippen LogP contribution in [0.1, 0.15) is 16.8 Å². The van der Waals surface area contributed by atoms with Crippen molar-refractivity contribution in [3.05, 3.63) is 33.8 Å². The zero-order valence-electron chi connectivity index (χ0n) is 7.96. The van der Waals surface area contributed by atoms with Gasteiger partial charge in [0.2, 0.25) is 0 Å². The Morgan fingerprint density at radius 3 is 2.50 bits per heavy atom. The van der Waals surface area contributed by atoms with Crippen LogP contribution in [-0.2, 0) is 4.79 Å². The number of hydrogen-bond donors (Lipinski definition) is 1. The van der Waals surface area contributed by atoms with Gasteiger partial charge in [-0.15, -0.1) is 0 Å². The van der Waals surface area contributed by atoms with Crippen LogP contribution in [-0.4, -0.2) is 15.9 Å². The van der Waals surface area contributed by atoms with Crippen LogP contribution in [0.25, 0.3) is 0 Å². The normalized spacial score (nSPS) is 14.5. The molecule has 1 rings (SSSR count). The summed E-state index contributed by atoms with van der Waals surface area (Å²) in [6.45, 7) is 0. The quantitative estimate of drug-likeness (QED) is 0.759. The Kier molecular flexibility index (Phi) is 5.57. The van der Waals surface area contributed by atoms with Crippen molar-refractivity contribution in [3.8, 4) is 0 Å². The zero-order valence-corrected chi connectivity index (χ0v) is 12.6.